The Balaban J connectivity index is 2.41. The molecule has 2 rings (SSSR count). The highest BCUT2D eigenvalue weighted by molar-refractivity contribution is 5.45. The van der Waals surface area contributed by atoms with Crippen LogP contribution in [0.2, 0.25) is 0 Å². The normalized spacial score (nSPS) is 16.2. The topological polar surface area (TPSA) is 35.2 Å². The summed E-state index contributed by atoms with van der Waals surface area (Å²) in [4.78, 5) is 0. The average Bonchev–Trinajstić information content (AvgIpc) is 3.00. The van der Waals surface area contributed by atoms with Crippen LogP contribution in [-0.4, -0.2) is 6.10 Å². The molecule has 0 radical (unpaired) electrons. The van der Waals surface area contributed by atoms with E-state index in [2.05, 4.69) is 39.0 Å². The van der Waals surface area contributed by atoms with Crippen LogP contribution in [0.3, 0.4) is 0 Å². The van der Waals surface area contributed by atoms with Crippen molar-refractivity contribution in [3.63, 3.8) is 0 Å². The monoisotopic (exact) mass is 219 g/mol. The zero-order valence-electron chi connectivity index (χ0n) is 10.4. The van der Waals surface area contributed by atoms with Crippen LogP contribution in [0.15, 0.2) is 18.2 Å². The first-order chi connectivity index (χ1) is 7.52. The van der Waals surface area contributed by atoms with Gasteiger partial charge >= 0.3 is 0 Å². The molecule has 0 spiro atoms. The fraction of sp³-hybridized carbons (Fsp3) is 0.571. The molecule has 0 saturated heterocycles. The first-order valence-corrected chi connectivity index (χ1v) is 6.01. The van der Waals surface area contributed by atoms with Crippen LogP contribution in [0.5, 0.6) is 5.75 Å². The molecule has 0 unspecified atom stereocenters. The summed E-state index contributed by atoms with van der Waals surface area (Å²) >= 11 is 0. The second-order valence-electron chi connectivity index (χ2n) is 5.57. The second kappa shape index (κ2) is 4.10. The van der Waals surface area contributed by atoms with Crippen LogP contribution in [0, 0.1) is 0 Å². The maximum absolute atomic E-state index is 6.02. The molecule has 0 aromatic heterocycles. The summed E-state index contributed by atoms with van der Waals surface area (Å²) in [5.41, 5.74) is 8.28. The minimum Gasteiger partial charge on any atom is -0.490 e. The van der Waals surface area contributed by atoms with Crippen molar-refractivity contribution in [1.82, 2.24) is 0 Å². The van der Waals surface area contributed by atoms with Gasteiger partial charge in [0.05, 0.1) is 6.10 Å². The zero-order chi connectivity index (χ0) is 11.8. The van der Waals surface area contributed by atoms with Crippen molar-refractivity contribution in [2.24, 2.45) is 5.73 Å². The standard InChI is InChI=1S/C14H21NO/c1-14(2,3)12-6-4-5-10(9-15)13(12)16-11-7-8-11/h4-6,11H,7-9,15H2,1-3H3. The van der Waals surface area contributed by atoms with Crippen LogP contribution in [0.25, 0.3) is 0 Å². The van der Waals surface area contributed by atoms with E-state index in [9.17, 15) is 0 Å². The number of nitrogens with two attached hydrogens (primary N) is 1. The molecule has 0 amide bonds. The number of para-hydroxylation sites is 1. The highest BCUT2D eigenvalue weighted by Gasteiger charge is 2.28. The maximum atomic E-state index is 6.02. The highest BCUT2D eigenvalue weighted by atomic mass is 16.5. The van der Waals surface area contributed by atoms with Gasteiger partial charge in [-0.25, -0.2) is 0 Å². The minimum absolute atomic E-state index is 0.107. The highest BCUT2D eigenvalue weighted by Crippen LogP contribution is 2.37. The molecule has 0 heterocycles. The number of ether oxygens (including phenoxy) is 1. The summed E-state index contributed by atoms with van der Waals surface area (Å²) in [6.07, 6.45) is 2.79. The van der Waals surface area contributed by atoms with E-state index >= 15 is 0 Å². The van der Waals surface area contributed by atoms with E-state index in [4.69, 9.17) is 10.5 Å². The van der Waals surface area contributed by atoms with Crippen molar-refractivity contribution in [3.8, 4) is 5.75 Å². The van der Waals surface area contributed by atoms with Gasteiger partial charge in [-0.2, -0.15) is 0 Å². The second-order valence-corrected chi connectivity index (χ2v) is 5.57. The van der Waals surface area contributed by atoms with Crippen molar-refractivity contribution in [2.75, 3.05) is 0 Å². The van der Waals surface area contributed by atoms with Gasteiger partial charge < -0.3 is 10.5 Å². The van der Waals surface area contributed by atoms with Crippen molar-refractivity contribution >= 4 is 0 Å². The van der Waals surface area contributed by atoms with E-state index in [0.717, 1.165) is 11.3 Å². The molecular weight excluding hydrogens is 198 g/mol. The molecule has 1 aromatic rings. The molecule has 1 saturated carbocycles. The van der Waals surface area contributed by atoms with E-state index < -0.39 is 0 Å². The van der Waals surface area contributed by atoms with Crippen LogP contribution in [0.4, 0.5) is 0 Å². The quantitative estimate of drug-likeness (QED) is 0.848. The Kier molecular flexibility index (Phi) is 2.94. The number of benzene rings is 1. The zero-order valence-corrected chi connectivity index (χ0v) is 10.4. The number of rotatable bonds is 3. The van der Waals surface area contributed by atoms with Gasteiger partial charge in [0.1, 0.15) is 5.75 Å². The SMILES string of the molecule is CC(C)(C)c1cccc(CN)c1OC1CC1. The smallest absolute Gasteiger partial charge is 0.127 e. The van der Waals surface area contributed by atoms with Crippen molar-refractivity contribution in [1.29, 1.82) is 0 Å². The van der Waals surface area contributed by atoms with E-state index in [1.165, 1.54) is 18.4 Å². The Morgan fingerprint density at radius 3 is 2.50 bits per heavy atom. The molecule has 1 fully saturated rings. The van der Waals surface area contributed by atoms with Gasteiger partial charge in [-0.05, 0) is 23.8 Å². The summed E-state index contributed by atoms with van der Waals surface area (Å²) in [5.74, 6) is 1.03. The van der Waals surface area contributed by atoms with E-state index in [0.29, 0.717) is 12.6 Å². The molecule has 0 aliphatic heterocycles. The molecule has 1 aliphatic carbocycles. The summed E-state index contributed by atoms with van der Waals surface area (Å²) in [6, 6.07) is 6.28. The lowest BCUT2D eigenvalue weighted by molar-refractivity contribution is 0.291. The number of hydrogen-bond donors (Lipinski definition) is 1. The molecule has 2 nitrogen and oxygen atoms in total. The third kappa shape index (κ3) is 2.38. The van der Waals surface area contributed by atoms with Crippen LogP contribution in [0.1, 0.15) is 44.7 Å². The molecule has 0 atom stereocenters. The van der Waals surface area contributed by atoms with Crippen molar-refractivity contribution < 1.29 is 4.74 Å². The molecule has 88 valence electrons. The third-order valence-corrected chi connectivity index (χ3v) is 2.93. The first kappa shape index (κ1) is 11.5. The fourth-order valence-electron chi connectivity index (χ4n) is 1.83. The van der Waals surface area contributed by atoms with Gasteiger partial charge in [0.15, 0.2) is 0 Å². The third-order valence-electron chi connectivity index (χ3n) is 2.93. The molecule has 0 bridgehead atoms. The van der Waals surface area contributed by atoms with Crippen LogP contribution >= 0.6 is 0 Å². The maximum Gasteiger partial charge on any atom is 0.127 e. The fourth-order valence-corrected chi connectivity index (χ4v) is 1.83. The Morgan fingerprint density at radius 2 is 2.00 bits per heavy atom. The van der Waals surface area contributed by atoms with Crippen molar-refractivity contribution in [2.45, 2.75) is 51.7 Å². The summed E-state index contributed by atoms with van der Waals surface area (Å²) < 4.78 is 6.02. The van der Waals surface area contributed by atoms with Crippen molar-refractivity contribution in [3.05, 3.63) is 29.3 Å². The predicted molar refractivity (Wildman–Crippen MR) is 66.7 cm³/mol. The molecule has 2 heteroatoms. The van der Waals surface area contributed by atoms with Gasteiger partial charge in [0.2, 0.25) is 0 Å². The van der Waals surface area contributed by atoms with Crippen LogP contribution in [-0.2, 0) is 12.0 Å². The lowest BCUT2D eigenvalue weighted by atomic mass is 9.85. The average molecular weight is 219 g/mol. The van der Waals surface area contributed by atoms with Gasteiger partial charge in [0, 0.05) is 12.1 Å². The van der Waals surface area contributed by atoms with Gasteiger partial charge in [-0.1, -0.05) is 39.0 Å². The molecule has 2 N–H and O–H groups in total. The Hall–Kier alpha value is -1.02. The lowest BCUT2D eigenvalue weighted by Gasteiger charge is -2.24. The molecule has 1 aliphatic rings. The van der Waals surface area contributed by atoms with Gasteiger partial charge in [0.25, 0.3) is 0 Å². The van der Waals surface area contributed by atoms with Gasteiger partial charge in [-0.15, -0.1) is 0 Å². The Labute approximate surface area is 97.8 Å². The molecular formula is C14H21NO. The minimum atomic E-state index is 0.107. The van der Waals surface area contributed by atoms with Crippen LogP contribution < -0.4 is 10.5 Å². The van der Waals surface area contributed by atoms with E-state index in [1.807, 2.05) is 0 Å². The summed E-state index contributed by atoms with van der Waals surface area (Å²) in [5, 5.41) is 0. The van der Waals surface area contributed by atoms with Gasteiger partial charge in [-0.3, -0.25) is 0 Å². The summed E-state index contributed by atoms with van der Waals surface area (Å²) in [7, 11) is 0. The molecule has 1 aromatic carbocycles. The number of hydrogen-bond acceptors (Lipinski definition) is 2. The van der Waals surface area contributed by atoms with E-state index in [-0.39, 0.29) is 5.41 Å². The Bertz CT molecular complexity index is 375. The predicted octanol–water partition coefficient (Wildman–Crippen LogP) is 2.98. The lowest BCUT2D eigenvalue weighted by Crippen LogP contribution is -2.16. The first-order valence-electron chi connectivity index (χ1n) is 6.01. The largest absolute Gasteiger partial charge is 0.490 e. The Morgan fingerprint density at radius 1 is 1.31 bits per heavy atom. The molecule has 16 heavy (non-hydrogen) atoms. The summed E-state index contributed by atoms with van der Waals surface area (Å²) in [6.45, 7) is 7.18. The van der Waals surface area contributed by atoms with E-state index in [1.54, 1.807) is 0 Å².